The lowest BCUT2D eigenvalue weighted by Gasteiger charge is -2.11. The van der Waals surface area contributed by atoms with Gasteiger partial charge in [-0.1, -0.05) is 29.8 Å². The van der Waals surface area contributed by atoms with Gasteiger partial charge in [-0.2, -0.15) is 0 Å². The fraction of sp³-hybridized carbons (Fsp3) is 0.0952. The van der Waals surface area contributed by atoms with Crippen LogP contribution in [0.2, 0.25) is 5.02 Å². The number of halogens is 2. The van der Waals surface area contributed by atoms with E-state index in [1.54, 1.807) is 25.1 Å². The molecule has 0 unspecified atom stereocenters. The van der Waals surface area contributed by atoms with Gasteiger partial charge in [0.1, 0.15) is 18.2 Å². The molecule has 8 heteroatoms. The zero-order valence-electron chi connectivity index (χ0n) is 15.4. The van der Waals surface area contributed by atoms with Crippen LogP contribution in [0.25, 0.3) is 0 Å². The topological polar surface area (TPSA) is 72.5 Å². The maximum Gasteiger partial charge on any atom is 0.265 e. The van der Waals surface area contributed by atoms with Crippen molar-refractivity contribution in [2.75, 3.05) is 0 Å². The zero-order chi connectivity index (χ0) is 21.0. The zero-order valence-corrected chi connectivity index (χ0v) is 16.9. The van der Waals surface area contributed by atoms with Gasteiger partial charge in [-0.25, -0.2) is 17.5 Å². The van der Waals surface area contributed by atoms with Gasteiger partial charge in [0.15, 0.2) is 0 Å². The second kappa shape index (κ2) is 8.63. The molecule has 0 aliphatic heterocycles. The molecule has 5 nitrogen and oxygen atoms in total. The number of hydrogen-bond donors (Lipinski definition) is 1. The lowest BCUT2D eigenvalue weighted by molar-refractivity contribution is 0.0981. The van der Waals surface area contributed by atoms with Crippen LogP contribution in [0.5, 0.6) is 5.75 Å². The van der Waals surface area contributed by atoms with Gasteiger partial charge in [-0.05, 0) is 66.6 Å². The maximum atomic E-state index is 13.2. The van der Waals surface area contributed by atoms with Crippen LogP contribution in [0.3, 0.4) is 0 Å². The molecule has 3 aromatic rings. The van der Waals surface area contributed by atoms with Gasteiger partial charge in [0.25, 0.3) is 15.9 Å². The van der Waals surface area contributed by atoms with E-state index >= 15 is 0 Å². The molecule has 0 aliphatic carbocycles. The SMILES string of the molecule is Cc1c(Cl)cccc1S(=O)(=O)NC(=O)c1ccc(OCc2cccc(F)c2)cc1. The molecule has 150 valence electrons. The highest BCUT2D eigenvalue weighted by Gasteiger charge is 2.21. The number of carbonyl (C=O) groups excluding carboxylic acids is 1. The third kappa shape index (κ3) is 5.13. The Balaban J connectivity index is 1.68. The van der Waals surface area contributed by atoms with Crippen molar-refractivity contribution in [2.45, 2.75) is 18.4 Å². The smallest absolute Gasteiger partial charge is 0.265 e. The van der Waals surface area contributed by atoms with E-state index < -0.39 is 15.9 Å². The van der Waals surface area contributed by atoms with Gasteiger partial charge in [0.05, 0.1) is 4.90 Å². The van der Waals surface area contributed by atoms with Crippen molar-refractivity contribution in [3.8, 4) is 5.75 Å². The molecular weight excluding hydrogens is 417 g/mol. The summed E-state index contributed by atoms with van der Waals surface area (Å²) < 4.78 is 45.8. The summed E-state index contributed by atoms with van der Waals surface area (Å²) in [4.78, 5) is 12.3. The highest BCUT2D eigenvalue weighted by molar-refractivity contribution is 7.90. The molecule has 0 spiro atoms. The van der Waals surface area contributed by atoms with E-state index in [-0.39, 0.29) is 22.9 Å². The highest BCUT2D eigenvalue weighted by Crippen LogP contribution is 2.23. The van der Waals surface area contributed by atoms with Crippen LogP contribution >= 0.6 is 11.6 Å². The van der Waals surface area contributed by atoms with Gasteiger partial charge in [0, 0.05) is 10.6 Å². The van der Waals surface area contributed by atoms with Crippen molar-refractivity contribution in [1.29, 1.82) is 0 Å². The monoisotopic (exact) mass is 433 g/mol. The van der Waals surface area contributed by atoms with Crippen LogP contribution in [0.15, 0.2) is 71.6 Å². The first-order chi connectivity index (χ1) is 13.8. The minimum atomic E-state index is -4.07. The molecule has 0 heterocycles. The number of carbonyl (C=O) groups is 1. The third-order valence-corrected chi connectivity index (χ3v) is 6.03. The van der Waals surface area contributed by atoms with Crippen molar-refractivity contribution in [2.24, 2.45) is 0 Å². The Bertz CT molecular complexity index is 1150. The standard InChI is InChI=1S/C21H17ClFNO4S/c1-14-19(22)6-3-7-20(14)29(26,27)24-21(25)16-8-10-18(11-9-16)28-13-15-4-2-5-17(23)12-15/h2-12H,13H2,1H3,(H,24,25). The van der Waals surface area contributed by atoms with Crippen molar-refractivity contribution in [1.82, 2.24) is 4.72 Å². The quantitative estimate of drug-likeness (QED) is 0.621. The van der Waals surface area contributed by atoms with Crippen molar-refractivity contribution in [3.63, 3.8) is 0 Å². The summed E-state index contributed by atoms with van der Waals surface area (Å²) in [5.41, 5.74) is 1.16. The molecule has 1 amide bonds. The predicted molar refractivity (Wildman–Crippen MR) is 108 cm³/mol. The van der Waals surface area contributed by atoms with Crippen molar-refractivity contribution < 1.29 is 22.3 Å². The summed E-state index contributed by atoms with van der Waals surface area (Å²) in [5, 5.41) is 0.292. The average molecular weight is 434 g/mol. The van der Waals surface area contributed by atoms with E-state index in [0.29, 0.717) is 21.9 Å². The summed E-state index contributed by atoms with van der Waals surface area (Å²) in [6.45, 7) is 1.72. The number of benzene rings is 3. The molecule has 0 fully saturated rings. The molecule has 3 rings (SSSR count). The van der Waals surface area contributed by atoms with Gasteiger partial charge in [-0.15, -0.1) is 0 Å². The molecular formula is C21H17ClFNO4S. The van der Waals surface area contributed by atoms with Crippen molar-refractivity contribution >= 4 is 27.5 Å². The van der Waals surface area contributed by atoms with E-state index in [0.717, 1.165) is 0 Å². The van der Waals surface area contributed by atoms with Crippen LogP contribution in [-0.2, 0) is 16.6 Å². The van der Waals surface area contributed by atoms with E-state index in [1.165, 1.54) is 48.5 Å². The molecule has 0 radical (unpaired) electrons. The summed E-state index contributed by atoms with van der Waals surface area (Å²) in [6, 6.07) is 16.4. The van der Waals surface area contributed by atoms with Gasteiger partial charge >= 0.3 is 0 Å². The average Bonchev–Trinajstić information content (AvgIpc) is 2.68. The molecule has 0 aliphatic rings. The van der Waals surface area contributed by atoms with Crippen LogP contribution in [0.4, 0.5) is 4.39 Å². The third-order valence-electron chi connectivity index (χ3n) is 4.15. The van der Waals surface area contributed by atoms with Crippen LogP contribution in [0, 0.1) is 12.7 Å². The number of rotatable bonds is 6. The Labute approximate surface area is 173 Å². The number of amides is 1. The fourth-order valence-corrected chi connectivity index (χ4v) is 4.08. The number of sulfonamides is 1. The number of ether oxygens (including phenoxy) is 1. The summed E-state index contributed by atoms with van der Waals surface area (Å²) in [5.74, 6) is -0.672. The largest absolute Gasteiger partial charge is 0.489 e. The van der Waals surface area contributed by atoms with Crippen LogP contribution in [0.1, 0.15) is 21.5 Å². The second-order valence-electron chi connectivity index (χ2n) is 6.24. The molecule has 1 N–H and O–H groups in total. The first kappa shape index (κ1) is 20.8. The lowest BCUT2D eigenvalue weighted by Crippen LogP contribution is -2.31. The molecule has 0 aromatic heterocycles. The summed E-state index contributed by atoms with van der Waals surface area (Å²) in [7, 11) is -4.07. The number of hydrogen-bond acceptors (Lipinski definition) is 4. The highest BCUT2D eigenvalue weighted by atomic mass is 35.5. The van der Waals surface area contributed by atoms with E-state index in [2.05, 4.69) is 0 Å². The summed E-state index contributed by atoms with van der Waals surface area (Å²) >= 11 is 5.96. The van der Waals surface area contributed by atoms with E-state index in [9.17, 15) is 17.6 Å². The summed E-state index contributed by atoms with van der Waals surface area (Å²) in [6.07, 6.45) is 0. The van der Waals surface area contributed by atoms with Gasteiger partial charge in [0.2, 0.25) is 0 Å². The molecule has 0 saturated heterocycles. The molecule has 0 atom stereocenters. The van der Waals surface area contributed by atoms with E-state index in [1.807, 2.05) is 4.72 Å². The lowest BCUT2D eigenvalue weighted by atomic mass is 10.2. The first-order valence-electron chi connectivity index (χ1n) is 8.56. The Morgan fingerprint density at radius 3 is 2.45 bits per heavy atom. The van der Waals surface area contributed by atoms with Gasteiger partial charge in [-0.3, -0.25) is 4.79 Å². The minimum Gasteiger partial charge on any atom is -0.489 e. The Kier molecular flexibility index (Phi) is 6.20. The van der Waals surface area contributed by atoms with Gasteiger partial charge < -0.3 is 4.74 Å². The first-order valence-corrected chi connectivity index (χ1v) is 10.4. The molecule has 0 saturated carbocycles. The van der Waals surface area contributed by atoms with Crippen LogP contribution in [-0.4, -0.2) is 14.3 Å². The maximum absolute atomic E-state index is 13.2. The van der Waals surface area contributed by atoms with Crippen LogP contribution < -0.4 is 9.46 Å². The predicted octanol–water partition coefficient (Wildman–Crippen LogP) is 4.49. The van der Waals surface area contributed by atoms with E-state index in [4.69, 9.17) is 16.3 Å². The number of nitrogens with one attached hydrogen (secondary N) is 1. The Morgan fingerprint density at radius 2 is 1.76 bits per heavy atom. The molecule has 3 aromatic carbocycles. The Morgan fingerprint density at radius 1 is 1.07 bits per heavy atom. The van der Waals surface area contributed by atoms with Crippen molar-refractivity contribution in [3.05, 3.63) is 94.3 Å². The second-order valence-corrected chi connectivity index (χ2v) is 8.30. The molecule has 29 heavy (non-hydrogen) atoms. The Hall–Kier alpha value is -2.90. The normalized spacial score (nSPS) is 11.1. The molecule has 0 bridgehead atoms. The fourth-order valence-electron chi connectivity index (χ4n) is 2.61. The minimum absolute atomic E-state index is 0.0617.